The number of hydrogen-bond donors (Lipinski definition) is 3. The fourth-order valence-corrected chi connectivity index (χ4v) is 1.66. The van der Waals surface area contributed by atoms with E-state index in [-0.39, 0.29) is 11.5 Å². The van der Waals surface area contributed by atoms with Crippen molar-refractivity contribution in [2.24, 2.45) is 5.92 Å². The van der Waals surface area contributed by atoms with Gasteiger partial charge in [-0.2, -0.15) is 0 Å². The summed E-state index contributed by atoms with van der Waals surface area (Å²) >= 11 is 0. The minimum Gasteiger partial charge on any atom is -0.478 e. The molecule has 0 bridgehead atoms. The van der Waals surface area contributed by atoms with Crippen LogP contribution in [0, 0.1) is 5.92 Å². The van der Waals surface area contributed by atoms with Crippen molar-refractivity contribution in [2.45, 2.75) is 26.8 Å². The second-order valence-electron chi connectivity index (χ2n) is 5.13. The Balaban J connectivity index is 2.26. The van der Waals surface area contributed by atoms with E-state index in [1.165, 1.54) is 0 Å². The lowest BCUT2D eigenvalue weighted by molar-refractivity contribution is -0.121. The molecule has 1 aromatic carbocycles. The first-order chi connectivity index (χ1) is 9.49. The van der Waals surface area contributed by atoms with E-state index in [1.54, 1.807) is 18.2 Å². The van der Waals surface area contributed by atoms with E-state index in [0.717, 1.165) is 5.56 Å². The van der Waals surface area contributed by atoms with Crippen molar-refractivity contribution < 1.29 is 14.7 Å². The Kier molecular flexibility index (Phi) is 6.73. The van der Waals surface area contributed by atoms with Crippen LogP contribution in [0.1, 0.15) is 36.2 Å². The minimum absolute atomic E-state index is 0.0329. The second kappa shape index (κ2) is 8.32. The van der Waals surface area contributed by atoms with Crippen molar-refractivity contribution in [3.8, 4) is 0 Å². The number of hydrogen-bond acceptors (Lipinski definition) is 3. The van der Waals surface area contributed by atoms with Crippen LogP contribution in [0.25, 0.3) is 0 Å². The second-order valence-corrected chi connectivity index (χ2v) is 5.13. The number of carbonyl (C=O) groups excluding carboxylic acids is 1. The Morgan fingerprint density at radius 1 is 1.30 bits per heavy atom. The van der Waals surface area contributed by atoms with E-state index in [9.17, 15) is 9.59 Å². The van der Waals surface area contributed by atoms with E-state index in [4.69, 9.17) is 5.11 Å². The van der Waals surface area contributed by atoms with Gasteiger partial charge in [0.2, 0.25) is 5.91 Å². The van der Waals surface area contributed by atoms with Gasteiger partial charge >= 0.3 is 5.97 Å². The van der Waals surface area contributed by atoms with Crippen LogP contribution in [0.5, 0.6) is 0 Å². The largest absolute Gasteiger partial charge is 0.478 e. The average Bonchev–Trinajstić information content (AvgIpc) is 2.41. The van der Waals surface area contributed by atoms with Gasteiger partial charge < -0.3 is 15.7 Å². The molecule has 0 saturated carbocycles. The highest BCUT2D eigenvalue weighted by Gasteiger charge is 2.04. The van der Waals surface area contributed by atoms with Gasteiger partial charge in [0.1, 0.15) is 0 Å². The minimum atomic E-state index is -0.931. The van der Waals surface area contributed by atoms with Crippen molar-refractivity contribution in [2.75, 3.05) is 13.1 Å². The summed E-state index contributed by atoms with van der Waals surface area (Å²) in [6, 6.07) is 6.77. The molecule has 5 nitrogen and oxygen atoms in total. The van der Waals surface area contributed by atoms with Crippen molar-refractivity contribution in [1.29, 1.82) is 0 Å². The molecule has 0 aliphatic heterocycles. The standard InChI is InChI=1S/C15H22N2O3/c1-11(2)9-17-14(18)6-7-16-10-12-4-3-5-13(8-12)15(19)20/h3-5,8,11,16H,6-7,9-10H2,1-2H3,(H,17,18)(H,19,20). The normalized spacial score (nSPS) is 10.6. The maximum absolute atomic E-state index is 11.5. The van der Waals surface area contributed by atoms with Crippen LogP contribution in [0.2, 0.25) is 0 Å². The van der Waals surface area contributed by atoms with Crippen LogP contribution in [0.15, 0.2) is 24.3 Å². The number of benzene rings is 1. The molecule has 0 unspecified atom stereocenters. The van der Waals surface area contributed by atoms with E-state index in [2.05, 4.69) is 10.6 Å². The highest BCUT2D eigenvalue weighted by Crippen LogP contribution is 2.04. The summed E-state index contributed by atoms with van der Waals surface area (Å²) in [6.07, 6.45) is 0.422. The molecule has 0 aliphatic carbocycles. The first kappa shape index (κ1) is 16.2. The number of rotatable bonds is 8. The van der Waals surface area contributed by atoms with Gasteiger partial charge in [-0.1, -0.05) is 26.0 Å². The van der Waals surface area contributed by atoms with Gasteiger partial charge in [0, 0.05) is 26.1 Å². The summed E-state index contributed by atoms with van der Waals surface area (Å²) < 4.78 is 0. The topological polar surface area (TPSA) is 78.4 Å². The SMILES string of the molecule is CC(C)CNC(=O)CCNCc1cccc(C(=O)O)c1. The van der Waals surface area contributed by atoms with Gasteiger partial charge in [-0.3, -0.25) is 4.79 Å². The Morgan fingerprint density at radius 3 is 2.70 bits per heavy atom. The Morgan fingerprint density at radius 2 is 2.05 bits per heavy atom. The lowest BCUT2D eigenvalue weighted by Crippen LogP contribution is -2.30. The molecule has 20 heavy (non-hydrogen) atoms. The summed E-state index contributed by atoms with van der Waals surface area (Å²) in [7, 11) is 0. The first-order valence-electron chi connectivity index (χ1n) is 6.78. The van der Waals surface area contributed by atoms with Crippen LogP contribution >= 0.6 is 0 Å². The zero-order valence-electron chi connectivity index (χ0n) is 12.0. The third-order valence-corrected chi connectivity index (χ3v) is 2.74. The molecule has 0 saturated heterocycles. The summed E-state index contributed by atoms with van der Waals surface area (Å²) in [4.78, 5) is 22.3. The Labute approximate surface area is 119 Å². The third-order valence-electron chi connectivity index (χ3n) is 2.74. The summed E-state index contributed by atoms with van der Waals surface area (Å²) in [5.41, 5.74) is 1.17. The Hall–Kier alpha value is -1.88. The van der Waals surface area contributed by atoms with Crippen LogP contribution in [0.3, 0.4) is 0 Å². The van der Waals surface area contributed by atoms with Gasteiger partial charge in [0.25, 0.3) is 0 Å². The summed E-state index contributed by atoms with van der Waals surface area (Å²) in [5, 5.41) is 14.9. The number of carbonyl (C=O) groups is 2. The van der Waals surface area contributed by atoms with E-state index >= 15 is 0 Å². The van der Waals surface area contributed by atoms with Crippen molar-refractivity contribution >= 4 is 11.9 Å². The molecular weight excluding hydrogens is 256 g/mol. The van der Waals surface area contributed by atoms with Crippen LogP contribution < -0.4 is 10.6 Å². The Bertz CT molecular complexity index is 458. The lowest BCUT2D eigenvalue weighted by atomic mass is 10.1. The zero-order chi connectivity index (χ0) is 15.0. The van der Waals surface area contributed by atoms with Crippen molar-refractivity contribution in [3.63, 3.8) is 0 Å². The fourth-order valence-electron chi connectivity index (χ4n) is 1.66. The molecule has 3 N–H and O–H groups in total. The average molecular weight is 278 g/mol. The zero-order valence-corrected chi connectivity index (χ0v) is 12.0. The molecular formula is C15H22N2O3. The fraction of sp³-hybridized carbons (Fsp3) is 0.467. The molecule has 0 atom stereocenters. The molecule has 1 aromatic rings. The molecule has 110 valence electrons. The monoisotopic (exact) mass is 278 g/mol. The molecule has 5 heteroatoms. The van der Waals surface area contributed by atoms with E-state index < -0.39 is 5.97 Å². The van der Waals surface area contributed by atoms with Gasteiger partial charge in [-0.15, -0.1) is 0 Å². The third kappa shape index (κ3) is 6.33. The molecule has 1 rings (SSSR count). The molecule has 0 heterocycles. The highest BCUT2D eigenvalue weighted by atomic mass is 16.4. The van der Waals surface area contributed by atoms with Gasteiger partial charge in [-0.05, 0) is 23.6 Å². The maximum atomic E-state index is 11.5. The quantitative estimate of drug-likeness (QED) is 0.632. The van der Waals surface area contributed by atoms with Crippen LogP contribution in [0.4, 0.5) is 0 Å². The summed E-state index contributed by atoms with van der Waals surface area (Å²) in [5.74, 6) is -0.448. The predicted octanol–water partition coefficient (Wildman–Crippen LogP) is 1.64. The number of nitrogens with one attached hydrogen (secondary N) is 2. The van der Waals surface area contributed by atoms with Gasteiger partial charge in [-0.25, -0.2) is 4.79 Å². The summed E-state index contributed by atoms with van der Waals surface area (Å²) in [6.45, 7) is 5.92. The molecule has 0 fully saturated rings. The van der Waals surface area contributed by atoms with Gasteiger partial charge in [0.05, 0.1) is 5.56 Å². The molecule has 0 radical (unpaired) electrons. The van der Waals surface area contributed by atoms with Crippen molar-refractivity contribution in [3.05, 3.63) is 35.4 Å². The highest BCUT2D eigenvalue weighted by molar-refractivity contribution is 5.87. The van der Waals surface area contributed by atoms with E-state index in [0.29, 0.717) is 32.0 Å². The lowest BCUT2D eigenvalue weighted by Gasteiger charge is -2.08. The van der Waals surface area contributed by atoms with Crippen LogP contribution in [-0.2, 0) is 11.3 Å². The number of carboxylic acid groups (broad SMARTS) is 1. The van der Waals surface area contributed by atoms with Crippen molar-refractivity contribution in [1.82, 2.24) is 10.6 Å². The number of aromatic carboxylic acids is 1. The first-order valence-corrected chi connectivity index (χ1v) is 6.78. The van der Waals surface area contributed by atoms with Gasteiger partial charge in [0.15, 0.2) is 0 Å². The smallest absolute Gasteiger partial charge is 0.335 e. The van der Waals surface area contributed by atoms with E-state index in [1.807, 2.05) is 19.9 Å². The number of carboxylic acids is 1. The molecule has 0 aromatic heterocycles. The van der Waals surface area contributed by atoms with Crippen LogP contribution in [-0.4, -0.2) is 30.1 Å². The molecule has 0 spiro atoms. The maximum Gasteiger partial charge on any atom is 0.335 e. The predicted molar refractivity (Wildman–Crippen MR) is 77.6 cm³/mol. The molecule has 1 amide bonds. The molecule has 0 aliphatic rings. The number of amides is 1.